The van der Waals surface area contributed by atoms with Crippen LogP contribution in [0, 0.1) is 11.3 Å². The Labute approximate surface area is 113 Å². The molecule has 2 rings (SSSR count). The fourth-order valence-electron chi connectivity index (χ4n) is 2.96. The maximum absolute atomic E-state index is 2.45. The predicted octanol–water partition coefficient (Wildman–Crippen LogP) is 5.14. The predicted molar refractivity (Wildman–Crippen MR) is 80.1 cm³/mol. The van der Waals surface area contributed by atoms with Gasteiger partial charge in [-0.15, -0.1) is 0 Å². The Hall–Kier alpha value is -0.780. The summed E-state index contributed by atoms with van der Waals surface area (Å²) >= 11 is 0. The number of hydrogen-bond acceptors (Lipinski definition) is 0. The van der Waals surface area contributed by atoms with E-state index in [0.29, 0.717) is 5.41 Å². The van der Waals surface area contributed by atoms with E-state index in [-0.39, 0.29) is 5.41 Å². The summed E-state index contributed by atoms with van der Waals surface area (Å²) < 4.78 is 0. The maximum atomic E-state index is 2.45. The number of fused-ring (bicyclic) bond motifs is 1. The Balaban J connectivity index is 2.27. The quantitative estimate of drug-likeness (QED) is 0.593. The average Bonchev–Trinajstić information content (AvgIpc) is 2.25. The highest BCUT2D eigenvalue weighted by Gasteiger charge is 2.29. The van der Waals surface area contributed by atoms with Crippen molar-refractivity contribution < 1.29 is 0 Å². The van der Waals surface area contributed by atoms with Gasteiger partial charge in [-0.25, -0.2) is 0 Å². The van der Waals surface area contributed by atoms with Crippen LogP contribution in [-0.2, 0) is 18.3 Å². The van der Waals surface area contributed by atoms with E-state index in [1.54, 1.807) is 11.1 Å². The molecule has 0 radical (unpaired) electrons. The molecule has 0 saturated carbocycles. The lowest BCUT2D eigenvalue weighted by atomic mass is 9.70. The van der Waals surface area contributed by atoms with Crippen LogP contribution in [0.4, 0.5) is 0 Å². The fraction of sp³-hybridized carbons (Fsp3) is 0.667. The van der Waals surface area contributed by atoms with Crippen LogP contribution in [0.3, 0.4) is 0 Å². The summed E-state index contributed by atoms with van der Waals surface area (Å²) in [5, 5.41) is 0. The zero-order valence-corrected chi connectivity index (χ0v) is 12.9. The lowest BCUT2D eigenvalue weighted by molar-refractivity contribution is 0.216. The third kappa shape index (κ3) is 2.79. The standard InChI is InChI=1S/C18H28/c1-17(2,3)15-9-7-14-12-16(18(4,5)6)10-8-13(14)11-15/h7,9,11,16H,8,10,12H2,1-6H3. The van der Waals surface area contributed by atoms with E-state index in [0.717, 1.165) is 5.92 Å². The van der Waals surface area contributed by atoms with E-state index < -0.39 is 0 Å². The Morgan fingerprint density at radius 1 is 0.944 bits per heavy atom. The summed E-state index contributed by atoms with van der Waals surface area (Å²) in [6.07, 6.45) is 3.88. The third-order valence-corrected chi connectivity index (χ3v) is 4.53. The first kappa shape index (κ1) is 13.6. The lowest BCUT2D eigenvalue weighted by Crippen LogP contribution is -2.27. The van der Waals surface area contributed by atoms with Crippen molar-refractivity contribution in [3.8, 4) is 0 Å². The Bertz CT molecular complexity index is 426. The monoisotopic (exact) mass is 244 g/mol. The van der Waals surface area contributed by atoms with Crippen LogP contribution >= 0.6 is 0 Å². The molecule has 1 unspecified atom stereocenters. The van der Waals surface area contributed by atoms with Crippen molar-refractivity contribution in [2.45, 2.75) is 66.2 Å². The molecule has 0 N–H and O–H groups in total. The second-order valence-electron chi connectivity index (χ2n) is 8.04. The summed E-state index contributed by atoms with van der Waals surface area (Å²) in [7, 11) is 0. The first-order valence-electron chi connectivity index (χ1n) is 7.30. The van der Waals surface area contributed by atoms with Gasteiger partial charge in [0.15, 0.2) is 0 Å². The Kier molecular flexibility index (Phi) is 3.34. The van der Waals surface area contributed by atoms with Gasteiger partial charge in [-0.1, -0.05) is 59.7 Å². The average molecular weight is 244 g/mol. The molecular weight excluding hydrogens is 216 g/mol. The van der Waals surface area contributed by atoms with E-state index in [9.17, 15) is 0 Å². The molecular formula is C18H28. The van der Waals surface area contributed by atoms with Gasteiger partial charge in [0.05, 0.1) is 0 Å². The minimum atomic E-state index is 0.274. The molecule has 0 heterocycles. The van der Waals surface area contributed by atoms with Crippen molar-refractivity contribution in [2.75, 3.05) is 0 Å². The number of benzene rings is 1. The Morgan fingerprint density at radius 3 is 2.17 bits per heavy atom. The van der Waals surface area contributed by atoms with Crippen molar-refractivity contribution in [1.29, 1.82) is 0 Å². The van der Waals surface area contributed by atoms with Crippen molar-refractivity contribution >= 4 is 0 Å². The SMILES string of the molecule is CC(C)(C)c1ccc2c(c1)CCC(C(C)(C)C)C2. The van der Waals surface area contributed by atoms with E-state index in [1.165, 1.54) is 24.8 Å². The van der Waals surface area contributed by atoms with Gasteiger partial charge in [0.25, 0.3) is 0 Å². The molecule has 18 heavy (non-hydrogen) atoms. The summed E-state index contributed by atoms with van der Waals surface area (Å²) in [5.74, 6) is 0.838. The number of hydrogen-bond donors (Lipinski definition) is 0. The molecule has 0 fully saturated rings. The van der Waals surface area contributed by atoms with Crippen LogP contribution in [0.1, 0.15) is 64.7 Å². The third-order valence-electron chi connectivity index (χ3n) is 4.53. The van der Waals surface area contributed by atoms with Crippen LogP contribution in [0.15, 0.2) is 18.2 Å². The first-order valence-corrected chi connectivity index (χ1v) is 7.30. The van der Waals surface area contributed by atoms with E-state index in [4.69, 9.17) is 0 Å². The van der Waals surface area contributed by atoms with E-state index >= 15 is 0 Å². The molecule has 1 aliphatic carbocycles. The van der Waals surface area contributed by atoms with Gasteiger partial charge >= 0.3 is 0 Å². The molecule has 1 atom stereocenters. The molecule has 0 saturated heterocycles. The van der Waals surface area contributed by atoms with Gasteiger partial charge in [0.2, 0.25) is 0 Å². The normalized spacial score (nSPS) is 20.7. The van der Waals surface area contributed by atoms with Crippen LogP contribution in [0.25, 0.3) is 0 Å². The molecule has 1 aliphatic rings. The molecule has 100 valence electrons. The highest BCUT2D eigenvalue weighted by atomic mass is 14.3. The summed E-state index contributed by atoms with van der Waals surface area (Å²) in [6.45, 7) is 14.0. The summed E-state index contributed by atoms with van der Waals surface area (Å²) in [4.78, 5) is 0. The zero-order chi connectivity index (χ0) is 13.6. The van der Waals surface area contributed by atoms with E-state index in [1.807, 2.05) is 0 Å². The van der Waals surface area contributed by atoms with Gasteiger partial charge in [0.1, 0.15) is 0 Å². The molecule has 0 amide bonds. The van der Waals surface area contributed by atoms with Gasteiger partial charge < -0.3 is 0 Å². The van der Waals surface area contributed by atoms with Gasteiger partial charge in [-0.3, -0.25) is 0 Å². The van der Waals surface area contributed by atoms with Crippen LogP contribution < -0.4 is 0 Å². The molecule has 0 nitrogen and oxygen atoms in total. The largest absolute Gasteiger partial charge is 0.0599 e. The van der Waals surface area contributed by atoms with Crippen molar-refractivity contribution in [3.63, 3.8) is 0 Å². The number of aryl methyl sites for hydroxylation is 1. The number of rotatable bonds is 0. The van der Waals surface area contributed by atoms with Gasteiger partial charge in [0, 0.05) is 0 Å². The van der Waals surface area contributed by atoms with Crippen LogP contribution in [-0.4, -0.2) is 0 Å². The molecule has 1 aromatic carbocycles. The molecule has 0 aromatic heterocycles. The summed E-state index contributed by atoms with van der Waals surface area (Å²) in [5.41, 5.74) is 5.39. The highest BCUT2D eigenvalue weighted by Crippen LogP contribution is 2.38. The van der Waals surface area contributed by atoms with E-state index in [2.05, 4.69) is 59.7 Å². The second kappa shape index (κ2) is 4.40. The molecule has 0 spiro atoms. The minimum absolute atomic E-state index is 0.274. The van der Waals surface area contributed by atoms with Gasteiger partial charge in [-0.2, -0.15) is 0 Å². The van der Waals surface area contributed by atoms with Crippen LogP contribution in [0.5, 0.6) is 0 Å². The molecule has 1 aromatic rings. The van der Waals surface area contributed by atoms with Crippen molar-refractivity contribution in [1.82, 2.24) is 0 Å². The van der Waals surface area contributed by atoms with Crippen molar-refractivity contribution in [3.05, 3.63) is 34.9 Å². The highest BCUT2D eigenvalue weighted by molar-refractivity contribution is 5.37. The fourth-order valence-corrected chi connectivity index (χ4v) is 2.96. The topological polar surface area (TPSA) is 0 Å². The van der Waals surface area contributed by atoms with Crippen LogP contribution in [0.2, 0.25) is 0 Å². The van der Waals surface area contributed by atoms with Crippen molar-refractivity contribution in [2.24, 2.45) is 11.3 Å². The smallest absolute Gasteiger partial charge is 0.0132 e. The maximum Gasteiger partial charge on any atom is -0.0132 e. The first-order chi connectivity index (χ1) is 8.18. The minimum Gasteiger partial charge on any atom is -0.0599 e. The lowest BCUT2D eigenvalue weighted by Gasteiger charge is -2.35. The second-order valence-corrected chi connectivity index (χ2v) is 8.04. The Morgan fingerprint density at radius 2 is 1.61 bits per heavy atom. The molecule has 0 heteroatoms. The van der Waals surface area contributed by atoms with Gasteiger partial charge in [-0.05, 0) is 52.7 Å². The molecule has 0 aliphatic heterocycles. The zero-order valence-electron chi connectivity index (χ0n) is 12.9. The molecule has 0 bridgehead atoms. The summed E-state index contributed by atoms with van der Waals surface area (Å²) in [6, 6.07) is 7.17.